The summed E-state index contributed by atoms with van der Waals surface area (Å²) >= 11 is 0. The van der Waals surface area contributed by atoms with Gasteiger partial charge in [0.2, 0.25) is 0 Å². The fourth-order valence-electron chi connectivity index (χ4n) is 2.33. The first-order chi connectivity index (χ1) is 11.0. The Morgan fingerprint density at radius 3 is 2.52 bits per heavy atom. The van der Waals surface area contributed by atoms with Crippen molar-refractivity contribution in [2.24, 2.45) is 0 Å². The molecule has 0 saturated heterocycles. The minimum absolute atomic E-state index is 0.136. The maximum Gasteiger partial charge on any atom is 0.338 e. The van der Waals surface area contributed by atoms with Crippen LogP contribution in [0.3, 0.4) is 0 Å². The van der Waals surface area contributed by atoms with Gasteiger partial charge in [-0.25, -0.2) is 9.18 Å². The van der Waals surface area contributed by atoms with E-state index in [1.54, 1.807) is 12.1 Å². The first-order valence-corrected chi connectivity index (χ1v) is 6.86. The molecule has 0 fully saturated rings. The predicted molar refractivity (Wildman–Crippen MR) is 78.4 cm³/mol. The van der Waals surface area contributed by atoms with Crippen molar-refractivity contribution >= 4 is 17.8 Å². The molecule has 0 atom stereocenters. The number of rotatable bonds is 3. The Hall–Kier alpha value is -3.02. The third kappa shape index (κ3) is 2.59. The van der Waals surface area contributed by atoms with E-state index < -0.39 is 23.6 Å². The molecule has 2 amide bonds. The van der Waals surface area contributed by atoms with Gasteiger partial charge in [0.15, 0.2) is 0 Å². The summed E-state index contributed by atoms with van der Waals surface area (Å²) in [5, 5.41) is 0. The van der Waals surface area contributed by atoms with E-state index in [0.29, 0.717) is 0 Å². The Labute approximate surface area is 131 Å². The second-order valence-corrected chi connectivity index (χ2v) is 5.10. The first-order valence-electron chi connectivity index (χ1n) is 6.86. The van der Waals surface area contributed by atoms with E-state index in [2.05, 4.69) is 0 Å². The summed E-state index contributed by atoms with van der Waals surface area (Å²) in [4.78, 5) is 36.7. The monoisotopic (exact) mass is 313 g/mol. The fraction of sp³-hybridized carbons (Fsp3) is 0.118. The van der Waals surface area contributed by atoms with Gasteiger partial charge in [0.1, 0.15) is 12.4 Å². The topological polar surface area (TPSA) is 63.7 Å². The molecule has 0 saturated carbocycles. The molecule has 6 heteroatoms. The highest BCUT2D eigenvalue weighted by molar-refractivity contribution is 6.21. The maximum atomic E-state index is 13.5. The maximum absolute atomic E-state index is 13.5. The van der Waals surface area contributed by atoms with Crippen molar-refractivity contribution in [1.82, 2.24) is 4.90 Å². The highest BCUT2D eigenvalue weighted by Gasteiger charge is 2.33. The Balaban J connectivity index is 1.78. The van der Waals surface area contributed by atoms with Crippen LogP contribution in [-0.4, -0.2) is 29.7 Å². The number of carbonyl (C=O) groups is 3. The van der Waals surface area contributed by atoms with Gasteiger partial charge in [0, 0.05) is 12.6 Å². The molecule has 3 rings (SSSR count). The molecular formula is C17H12FNO4. The van der Waals surface area contributed by atoms with Crippen molar-refractivity contribution < 1.29 is 23.5 Å². The van der Waals surface area contributed by atoms with Crippen LogP contribution < -0.4 is 0 Å². The number of ether oxygens (including phenoxy) is 1. The summed E-state index contributed by atoms with van der Waals surface area (Å²) in [5.41, 5.74) is 0.811. The van der Waals surface area contributed by atoms with E-state index in [9.17, 15) is 18.8 Å². The molecule has 0 aromatic heterocycles. The highest BCUT2D eigenvalue weighted by atomic mass is 19.1. The van der Waals surface area contributed by atoms with Crippen LogP contribution in [0.4, 0.5) is 4.39 Å². The number of hydrogen-bond acceptors (Lipinski definition) is 4. The van der Waals surface area contributed by atoms with Crippen molar-refractivity contribution in [3.8, 4) is 0 Å². The van der Waals surface area contributed by atoms with Crippen molar-refractivity contribution in [2.45, 2.75) is 6.61 Å². The van der Waals surface area contributed by atoms with E-state index in [0.717, 1.165) is 4.90 Å². The van der Waals surface area contributed by atoms with Gasteiger partial charge < -0.3 is 4.74 Å². The minimum Gasteiger partial charge on any atom is -0.457 e. The van der Waals surface area contributed by atoms with Gasteiger partial charge in [-0.3, -0.25) is 14.5 Å². The first kappa shape index (κ1) is 14.9. The zero-order chi connectivity index (χ0) is 16.6. The number of hydrogen-bond donors (Lipinski definition) is 0. The molecule has 2 aromatic carbocycles. The van der Waals surface area contributed by atoms with Crippen LogP contribution >= 0.6 is 0 Å². The van der Waals surface area contributed by atoms with Crippen LogP contribution in [0.1, 0.15) is 36.6 Å². The van der Waals surface area contributed by atoms with Crippen molar-refractivity contribution in [2.75, 3.05) is 7.05 Å². The molecule has 0 N–H and O–H groups in total. The van der Waals surface area contributed by atoms with Gasteiger partial charge in [0.05, 0.1) is 16.7 Å². The molecule has 5 nitrogen and oxygen atoms in total. The van der Waals surface area contributed by atoms with E-state index in [1.165, 1.54) is 37.4 Å². The van der Waals surface area contributed by atoms with Crippen LogP contribution in [-0.2, 0) is 11.3 Å². The number of fused-ring (bicyclic) bond motifs is 1. The summed E-state index contributed by atoms with van der Waals surface area (Å²) in [6.45, 7) is -0.213. The van der Waals surface area contributed by atoms with Gasteiger partial charge in [-0.05, 0) is 24.3 Å². The lowest BCUT2D eigenvalue weighted by Crippen LogP contribution is -2.24. The van der Waals surface area contributed by atoms with Gasteiger partial charge in [-0.1, -0.05) is 18.2 Å². The molecule has 0 spiro atoms. The fourth-order valence-corrected chi connectivity index (χ4v) is 2.33. The third-order valence-corrected chi connectivity index (χ3v) is 3.64. The molecule has 1 heterocycles. The summed E-state index contributed by atoms with van der Waals surface area (Å²) in [6, 6.07) is 10.1. The van der Waals surface area contributed by atoms with Crippen molar-refractivity contribution in [1.29, 1.82) is 0 Å². The number of imide groups is 1. The van der Waals surface area contributed by atoms with Gasteiger partial charge in [-0.15, -0.1) is 0 Å². The largest absolute Gasteiger partial charge is 0.457 e. The van der Waals surface area contributed by atoms with E-state index in [1.807, 2.05) is 0 Å². The molecule has 0 unspecified atom stereocenters. The molecule has 116 valence electrons. The third-order valence-electron chi connectivity index (χ3n) is 3.64. The van der Waals surface area contributed by atoms with E-state index in [-0.39, 0.29) is 28.9 Å². The average molecular weight is 313 g/mol. The van der Waals surface area contributed by atoms with Gasteiger partial charge in [-0.2, -0.15) is 0 Å². The van der Waals surface area contributed by atoms with E-state index >= 15 is 0 Å². The van der Waals surface area contributed by atoms with Crippen molar-refractivity contribution in [3.05, 3.63) is 70.5 Å². The van der Waals surface area contributed by atoms with Crippen LogP contribution in [0.5, 0.6) is 0 Å². The number of benzene rings is 2. The number of amides is 2. The second-order valence-electron chi connectivity index (χ2n) is 5.10. The Bertz CT molecular complexity index is 831. The summed E-state index contributed by atoms with van der Waals surface area (Å²) in [6.07, 6.45) is 0. The molecule has 2 aromatic rings. The Kier molecular flexibility index (Phi) is 3.65. The van der Waals surface area contributed by atoms with Crippen molar-refractivity contribution in [3.63, 3.8) is 0 Å². The molecule has 1 aliphatic heterocycles. The van der Waals surface area contributed by atoms with Gasteiger partial charge >= 0.3 is 5.97 Å². The lowest BCUT2D eigenvalue weighted by atomic mass is 10.1. The lowest BCUT2D eigenvalue weighted by Gasteiger charge is -2.06. The van der Waals surface area contributed by atoms with Crippen LogP contribution in [0, 0.1) is 5.82 Å². The zero-order valence-corrected chi connectivity index (χ0v) is 12.2. The van der Waals surface area contributed by atoms with Gasteiger partial charge in [0.25, 0.3) is 11.8 Å². The molecular weight excluding hydrogens is 301 g/mol. The standard InChI is InChI=1S/C17H12FNO4/c1-19-15(20)12-7-6-10(8-13(12)16(19)21)17(22)23-9-11-4-2-3-5-14(11)18/h2-8H,9H2,1H3. The predicted octanol–water partition coefficient (Wildman–Crippen LogP) is 2.41. The van der Waals surface area contributed by atoms with Crippen LogP contribution in [0.15, 0.2) is 42.5 Å². The van der Waals surface area contributed by atoms with Crippen LogP contribution in [0.2, 0.25) is 0 Å². The molecule has 0 radical (unpaired) electrons. The smallest absolute Gasteiger partial charge is 0.338 e. The normalized spacial score (nSPS) is 13.2. The average Bonchev–Trinajstić information content (AvgIpc) is 2.78. The summed E-state index contributed by atoms with van der Waals surface area (Å²) in [5.74, 6) is -2.02. The number of halogens is 1. The Morgan fingerprint density at radius 2 is 1.78 bits per heavy atom. The molecule has 23 heavy (non-hydrogen) atoms. The molecule has 0 aliphatic carbocycles. The Morgan fingerprint density at radius 1 is 1.09 bits per heavy atom. The number of carbonyl (C=O) groups excluding carboxylic acids is 3. The SMILES string of the molecule is CN1C(=O)c2ccc(C(=O)OCc3ccccc3F)cc2C1=O. The summed E-state index contributed by atoms with van der Waals surface area (Å²) < 4.78 is 18.5. The molecule has 1 aliphatic rings. The van der Waals surface area contributed by atoms with Crippen LogP contribution in [0.25, 0.3) is 0 Å². The lowest BCUT2D eigenvalue weighted by molar-refractivity contribution is 0.0468. The minimum atomic E-state index is -0.689. The zero-order valence-electron chi connectivity index (χ0n) is 12.2. The second kappa shape index (κ2) is 5.64. The highest BCUT2D eigenvalue weighted by Crippen LogP contribution is 2.23. The van der Waals surface area contributed by atoms with E-state index in [4.69, 9.17) is 4.74 Å². The molecule has 0 bridgehead atoms. The summed E-state index contributed by atoms with van der Waals surface area (Å²) in [7, 11) is 1.38. The number of nitrogens with zero attached hydrogens (tertiary/aromatic N) is 1. The number of esters is 1. The quantitative estimate of drug-likeness (QED) is 0.645.